The molecule has 0 spiro atoms. The molecule has 1 atom stereocenters. The van der Waals surface area contributed by atoms with E-state index in [0.717, 1.165) is 17.7 Å². The Kier molecular flexibility index (Phi) is 3.35. The maximum atomic E-state index is 10.1. The van der Waals surface area contributed by atoms with Crippen molar-refractivity contribution in [3.8, 4) is 0 Å². The van der Waals surface area contributed by atoms with Gasteiger partial charge in [0, 0.05) is 42.3 Å². The van der Waals surface area contributed by atoms with E-state index in [0.29, 0.717) is 10.8 Å². The van der Waals surface area contributed by atoms with Crippen LogP contribution >= 0.6 is 11.3 Å². The molecule has 3 aromatic heterocycles. The lowest BCUT2D eigenvalue weighted by Crippen LogP contribution is -2.01. The van der Waals surface area contributed by atoms with E-state index in [1.54, 1.807) is 24.8 Å². The monoisotopic (exact) mass is 272 g/mol. The molecule has 0 aromatic carbocycles. The number of pyridine rings is 1. The van der Waals surface area contributed by atoms with Crippen LogP contribution in [0.4, 0.5) is 0 Å². The van der Waals surface area contributed by atoms with Crippen LogP contribution in [0.25, 0.3) is 0 Å². The number of thiazole rings is 1. The molecule has 0 aliphatic carbocycles. The third kappa shape index (κ3) is 2.69. The van der Waals surface area contributed by atoms with Crippen molar-refractivity contribution in [3.05, 3.63) is 64.4 Å². The number of hydrogen-bond donors (Lipinski definition) is 2. The molecule has 0 unspecified atom stereocenters. The summed E-state index contributed by atoms with van der Waals surface area (Å²) in [5.41, 5.74) is 2.10. The molecule has 0 radical (unpaired) electrons. The predicted octanol–water partition coefficient (Wildman–Crippen LogP) is 1.93. The van der Waals surface area contributed by atoms with Gasteiger partial charge in [0.05, 0.1) is 0 Å². The highest BCUT2D eigenvalue weighted by molar-refractivity contribution is 7.09. The molecule has 3 rings (SSSR count). The molecular weight excluding hydrogens is 260 g/mol. The lowest BCUT2D eigenvalue weighted by molar-refractivity contribution is 0.210. The number of imidazole rings is 1. The van der Waals surface area contributed by atoms with Crippen LogP contribution in [0.2, 0.25) is 0 Å². The van der Waals surface area contributed by atoms with E-state index in [1.807, 2.05) is 17.5 Å². The average Bonchev–Trinajstić information content (AvgIpc) is 3.10. The topological polar surface area (TPSA) is 74.7 Å². The fourth-order valence-corrected chi connectivity index (χ4v) is 2.44. The summed E-state index contributed by atoms with van der Waals surface area (Å²) in [5, 5.41) is 12.6. The first kappa shape index (κ1) is 12.0. The summed E-state index contributed by atoms with van der Waals surface area (Å²) in [5.74, 6) is 0.527. The number of hydrogen-bond acceptors (Lipinski definition) is 5. The van der Waals surface area contributed by atoms with Gasteiger partial charge >= 0.3 is 0 Å². The van der Waals surface area contributed by atoms with Gasteiger partial charge in [0.2, 0.25) is 0 Å². The van der Waals surface area contributed by atoms with Crippen molar-refractivity contribution in [1.29, 1.82) is 0 Å². The van der Waals surface area contributed by atoms with Gasteiger partial charge in [0.1, 0.15) is 10.8 Å². The van der Waals surface area contributed by atoms with Crippen LogP contribution in [-0.4, -0.2) is 25.0 Å². The van der Waals surface area contributed by atoms with Crippen molar-refractivity contribution >= 4 is 11.3 Å². The van der Waals surface area contributed by atoms with E-state index in [1.165, 1.54) is 11.3 Å². The standard InChI is InChI=1S/C13H12N4OS/c18-11(13-15-5-6-19-13)12-16-8-10(17-12)7-9-1-3-14-4-2-9/h1-6,8,11,18H,7H2,(H,16,17)/t11-/m1/s1. The summed E-state index contributed by atoms with van der Waals surface area (Å²) in [7, 11) is 0. The third-order valence-electron chi connectivity index (χ3n) is 2.74. The minimum atomic E-state index is -0.786. The Morgan fingerprint density at radius 3 is 2.79 bits per heavy atom. The molecule has 0 aliphatic heterocycles. The molecule has 19 heavy (non-hydrogen) atoms. The Labute approximate surface area is 114 Å². The number of rotatable bonds is 4. The maximum absolute atomic E-state index is 10.1. The van der Waals surface area contributed by atoms with Crippen LogP contribution in [0.3, 0.4) is 0 Å². The van der Waals surface area contributed by atoms with Crippen LogP contribution < -0.4 is 0 Å². The van der Waals surface area contributed by atoms with Crippen molar-refractivity contribution in [2.45, 2.75) is 12.5 Å². The van der Waals surface area contributed by atoms with Gasteiger partial charge in [-0.15, -0.1) is 11.3 Å². The normalized spacial score (nSPS) is 12.5. The van der Waals surface area contributed by atoms with Crippen LogP contribution in [0.1, 0.15) is 28.2 Å². The minimum Gasteiger partial charge on any atom is -0.378 e. The highest BCUT2D eigenvalue weighted by Gasteiger charge is 2.16. The van der Waals surface area contributed by atoms with Crippen molar-refractivity contribution < 1.29 is 5.11 Å². The number of H-pyrrole nitrogens is 1. The molecule has 0 saturated heterocycles. The first-order chi connectivity index (χ1) is 9.33. The van der Waals surface area contributed by atoms with E-state index in [-0.39, 0.29) is 0 Å². The lowest BCUT2D eigenvalue weighted by Gasteiger charge is -2.03. The lowest BCUT2D eigenvalue weighted by atomic mass is 10.2. The average molecular weight is 272 g/mol. The second kappa shape index (κ2) is 5.29. The van der Waals surface area contributed by atoms with Crippen LogP contribution in [0, 0.1) is 0 Å². The summed E-state index contributed by atoms with van der Waals surface area (Å²) >= 11 is 1.41. The SMILES string of the molecule is O[C@H](c1ncc(Cc2ccncc2)[nH]1)c1nccs1. The fourth-order valence-electron chi connectivity index (χ4n) is 1.81. The Bertz CT molecular complexity index is 636. The zero-order chi connectivity index (χ0) is 13.1. The molecular formula is C13H12N4OS. The molecule has 96 valence electrons. The van der Waals surface area contributed by atoms with Gasteiger partial charge in [-0.1, -0.05) is 0 Å². The number of aromatic nitrogens is 4. The Morgan fingerprint density at radius 1 is 1.21 bits per heavy atom. The molecule has 0 fully saturated rings. The third-order valence-corrected chi connectivity index (χ3v) is 3.56. The summed E-state index contributed by atoms with van der Waals surface area (Å²) in [6, 6.07) is 3.91. The van der Waals surface area contributed by atoms with Gasteiger partial charge in [-0.2, -0.15) is 0 Å². The van der Waals surface area contributed by atoms with Crippen LogP contribution in [0.15, 0.2) is 42.3 Å². The highest BCUT2D eigenvalue weighted by atomic mass is 32.1. The molecule has 2 N–H and O–H groups in total. The van der Waals surface area contributed by atoms with E-state index < -0.39 is 6.10 Å². The van der Waals surface area contributed by atoms with E-state index in [2.05, 4.69) is 19.9 Å². The Hall–Kier alpha value is -2.05. The number of nitrogens with zero attached hydrogens (tertiary/aromatic N) is 3. The molecule has 3 heterocycles. The van der Waals surface area contributed by atoms with Gasteiger partial charge < -0.3 is 10.1 Å². The number of aromatic amines is 1. The van der Waals surface area contributed by atoms with Gasteiger partial charge in [-0.25, -0.2) is 9.97 Å². The predicted molar refractivity (Wildman–Crippen MR) is 71.8 cm³/mol. The van der Waals surface area contributed by atoms with Crippen molar-refractivity contribution in [2.75, 3.05) is 0 Å². The Morgan fingerprint density at radius 2 is 2.05 bits per heavy atom. The number of nitrogens with one attached hydrogen (secondary N) is 1. The molecule has 0 saturated carbocycles. The molecule has 0 bridgehead atoms. The number of aliphatic hydroxyl groups excluding tert-OH is 1. The van der Waals surface area contributed by atoms with Gasteiger partial charge in [0.25, 0.3) is 0 Å². The molecule has 3 aromatic rings. The quantitative estimate of drug-likeness (QED) is 0.761. The minimum absolute atomic E-state index is 0.527. The van der Waals surface area contributed by atoms with E-state index >= 15 is 0 Å². The van der Waals surface area contributed by atoms with Gasteiger partial charge in [-0.05, 0) is 17.7 Å². The summed E-state index contributed by atoms with van der Waals surface area (Å²) in [6.07, 6.45) is 6.89. The first-order valence-corrected chi connectivity index (χ1v) is 6.71. The van der Waals surface area contributed by atoms with E-state index in [9.17, 15) is 5.11 Å². The number of aliphatic hydroxyl groups is 1. The fraction of sp³-hybridized carbons (Fsp3) is 0.154. The summed E-state index contributed by atoms with van der Waals surface area (Å²) in [6.45, 7) is 0. The molecule has 0 aliphatic rings. The largest absolute Gasteiger partial charge is 0.378 e. The van der Waals surface area contributed by atoms with Crippen molar-refractivity contribution in [2.24, 2.45) is 0 Å². The highest BCUT2D eigenvalue weighted by Crippen LogP contribution is 2.21. The first-order valence-electron chi connectivity index (χ1n) is 5.83. The maximum Gasteiger partial charge on any atom is 0.163 e. The summed E-state index contributed by atoms with van der Waals surface area (Å²) in [4.78, 5) is 15.4. The smallest absolute Gasteiger partial charge is 0.163 e. The van der Waals surface area contributed by atoms with Crippen LogP contribution in [0.5, 0.6) is 0 Å². The van der Waals surface area contributed by atoms with Crippen LogP contribution in [-0.2, 0) is 6.42 Å². The summed E-state index contributed by atoms with van der Waals surface area (Å²) < 4.78 is 0. The zero-order valence-electron chi connectivity index (χ0n) is 10.0. The second-order valence-electron chi connectivity index (χ2n) is 4.10. The molecule has 5 nitrogen and oxygen atoms in total. The molecule has 0 amide bonds. The van der Waals surface area contributed by atoms with E-state index in [4.69, 9.17) is 0 Å². The zero-order valence-corrected chi connectivity index (χ0v) is 10.8. The Balaban J connectivity index is 1.76. The molecule has 6 heteroatoms. The van der Waals surface area contributed by atoms with Gasteiger partial charge in [-0.3, -0.25) is 4.98 Å². The van der Waals surface area contributed by atoms with Crippen molar-refractivity contribution in [1.82, 2.24) is 19.9 Å². The van der Waals surface area contributed by atoms with Crippen molar-refractivity contribution in [3.63, 3.8) is 0 Å². The second-order valence-corrected chi connectivity index (χ2v) is 5.02. The van der Waals surface area contributed by atoms with Gasteiger partial charge in [0.15, 0.2) is 6.10 Å².